The van der Waals surface area contributed by atoms with Crippen LogP contribution in [0, 0.1) is 11.3 Å². The highest BCUT2D eigenvalue weighted by molar-refractivity contribution is 5.44. The Morgan fingerprint density at radius 2 is 2.19 bits per heavy atom. The largest absolute Gasteiger partial charge is 0.387 e. The molecule has 0 spiro atoms. The fourth-order valence-electron chi connectivity index (χ4n) is 1.38. The molecule has 16 heavy (non-hydrogen) atoms. The summed E-state index contributed by atoms with van der Waals surface area (Å²) in [4.78, 5) is 6.17. The molecule has 4 nitrogen and oxygen atoms in total. The molecule has 2 atom stereocenters. The highest BCUT2D eigenvalue weighted by Crippen LogP contribution is 2.17. The molecule has 0 radical (unpaired) electrons. The molecule has 0 bridgehead atoms. The van der Waals surface area contributed by atoms with Crippen LogP contribution in [0.2, 0.25) is 0 Å². The van der Waals surface area contributed by atoms with Crippen molar-refractivity contribution < 1.29 is 5.11 Å². The average molecular weight is 219 g/mol. The van der Waals surface area contributed by atoms with E-state index in [0.717, 1.165) is 5.69 Å². The zero-order chi connectivity index (χ0) is 12.1. The van der Waals surface area contributed by atoms with Gasteiger partial charge in [-0.1, -0.05) is 0 Å². The van der Waals surface area contributed by atoms with Crippen molar-refractivity contribution in [2.45, 2.75) is 32.4 Å². The zero-order valence-electron chi connectivity index (χ0n) is 9.88. The summed E-state index contributed by atoms with van der Waals surface area (Å²) in [6.07, 6.45) is 1.65. The number of aliphatic hydroxyl groups is 1. The van der Waals surface area contributed by atoms with Crippen LogP contribution in [-0.4, -0.2) is 23.2 Å². The molecule has 1 aromatic heterocycles. The van der Waals surface area contributed by atoms with E-state index in [-0.39, 0.29) is 6.04 Å². The van der Waals surface area contributed by atoms with Crippen LogP contribution in [0.25, 0.3) is 0 Å². The van der Waals surface area contributed by atoms with Gasteiger partial charge in [0.15, 0.2) is 0 Å². The molecule has 1 aromatic rings. The lowest BCUT2D eigenvalue weighted by atomic mass is 10.2. The van der Waals surface area contributed by atoms with E-state index in [9.17, 15) is 5.11 Å². The number of anilines is 1. The van der Waals surface area contributed by atoms with Gasteiger partial charge in [-0.25, -0.2) is 0 Å². The van der Waals surface area contributed by atoms with E-state index >= 15 is 0 Å². The summed E-state index contributed by atoms with van der Waals surface area (Å²) in [5.41, 5.74) is 1.61. The zero-order valence-corrected chi connectivity index (χ0v) is 9.88. The van der Waals surface area contributed by atoms with Gasteiger partial charge in [-0.05, 0) is 26.0 Å². The number of nitrogens with zero attached hydrogens (tertiary/aromatic N) is 3. The SMILES string of the molecule is CC(O)c1ccc(N(C)C(C)CC#N)cn1. The molecule has 0 saturated carbocycles. The Labute approximate surface area is 96.2 Å². The fourth-order valence-corrected chi connectivity index (χ4v) is 1.38. The molecule has 0 aliphatic carbocycles. The highest BCUT2D eigenvalue weighted by atomic mass is 16.3. The normalized spacial score (nSPS) is 13.9. The number of aliphatic hydroxyl groups excluding tert-OH is 1. The van der Waals surface area contributed by atoms with Crippen molar-refractivity contribution in [3.63, 3.8) is 0 Å². The number of hydrogen-bond donors (Lipinski definition) is 1. The average Bonchev–Trinajstić information content (AvgIpc) is 2.28. The predicted molar refractivity (Wildman–Crippen MR) is 63.0 cm³/mol. The molecule has 0 aliphatic heterocycles. The van der Waals surface area contributed by atoms with Gasteiger partial charge in [0.05, 0.1) is 36.2 Å². The highest BCUT2D eigenvalue weighted by Gasteiger charge is 2.10. The summed E-state index contributed by atoms with van der Waals surface area (Å²) in [5, 5.41) is 18.0. The van der Waals surface area contributed by atoms with Crippen LogP contribution < -0.4 is 4.90 Å². The van der Waals surface area contributed by atoms with Gasteiger partial charge < -0.3 is 10.0 Å². The maximum absolute atomic E-state index is 9.33. The minimum Gasteiger partial charge on any atom is -0.387 e. The number of nitriles is 1. The summed E-state index contributed by atoms with van der Waals surface area (Å²) in [6, 6.07) is 6.01. The van der Waals surface area contributed by atoms with Crippen molar-refractivity contribution in [2.24, 2.45) is 0 Å². The Balaban J connectivity index is 2.78. The van der Waals surface area contributed by atoms with Crippen LogP contribution in [0.4, 0.5) is 5.69 Å². The van der Waals surface area contributed by atoms with Crippen molar-refractivity contribution in [1.82, 2.24) is 4.98 Å². The molecule has 0 aliphatic rings. The van der Waals surface area contributed by atoms with Gasteiger partial charge in [0, 0.05) is 13.1 Å². The molecule has 1 rings (SSSR count). The van der Waals surface area contributed by atoms with Gasteiger partial charge in [-0.3, -0.25) is 4.98 Å². The third kappa shape index (κ3) is 2.94. The molecule has 0 fully saturated rings. The van der Waals surface area contributed by atoms with Crippen LogP contribution in [-0.2, 0) is 0 Å². The lowest BCUT2D eigenvalue weighted by Crippen LogP contribution is -2.28. The summed E-state index contributed by atoms with van der Waals surface area (Å²) >= 11 is 0. The molecule has 1 N–H and O–H groups in total. The van der Waals surface area contributed by atoms with Crippen molar-refractivity contribution >= 4 is 5.69 Å². The van der Waals surface area contributed by atoms with Crippen LogP contribution in [0.3, 0.4) is 0 Å². The number of hydrogen-bond acceptors (Lipinski definition) is 4. The first kappa shape index (κ1) is 12.5. The molecular weight excluding hydrogens is 202 g/mol. The number of aromatic nitrogens is 1. The minimum atomic E-state index is -0.545. The maximum atomic E-state index is 9.33. The molecule has 4 heteroatoms. The lowest BCUT2D eigenvalue weighted by Gasteiger charge is -2.24. The Hall–Kier alpha value is -1.60. The first-order valence-electron chi connectivity index (χ1n) is 5.30. The van der Waals surface area contributed by atoms with E-state index in [4.69, 9.17) is 5.26 Å². The topological polar surface area (TPSA) is 60.1 Å². The minimum absolute atomic E-state index is 0.157. The molecule has 0 aromatic carbocycles. The number of rotatable bonds is 4. The second kappa shape index (κ2) is 5.47. The molecule has 2 unspecified atom stereocenters. The summed E-state index contributed by atoms with van der Waals surface area (Å²) in [5.74, 6) is 0. The first-order valence-corrected chi connectivity index (χ1v) is 5.30. The van der Waals surface area contributed by atoms with Gasteiger partial charge in [0.25, 0.3) is 0 Å². The van der Waals surface area contributed by atoms with E-state index < -0.39 is 6.10 Å². The molecule has 1 heterocycles. The smallest absolute Gasteiger partial charge is 0.0931 e. The Morgan fingerprint density at radius 3 is 2.62 bits per heavy atom. The molecular formula is C12H17N3O. The lowest BCUT2D eigenvalue weighted by molar-refractivity contribution is 0.194. The van der Waals surface area contributed by atoms with Crippen molar-refractivity contribution in [3.05, 3.63) is 24.0 Å². The Bertz CT molecular complexity index is 367. The Morgan fingerprint density at radius 1 is 1.50 bits per heavy atom. The number of pyridine rings is 1. The van der Waals surface area contributed by atoms with Crippen molar-refractivity contribution in [2.75, 3.05) is 11.9 Å². The predicted octanol–water partition coefficient (Wildman–Crippen LogP) is 1.87. The van der Waals surface area contributed by atoms with Crippen LogP contribution in [0.1, 0.15) is 32.1 Å². The van der Waals surface area contributed by atoms with E-state index in [1.54, 1.807) is 19.2 Å². The van der Waals surface area contributed by atoms with Crippen molar-refractivity contribution in [1.29, 1.82) is 5.26 Å². The monoisotopic (exact) mass is 219 g/mol. The van der Waals surface area contributed by atoms with E-state index in [0.29, 0.717) is 12.1 Å². The van der Waals surface area contributed by atoms with Gasteiger partial charge in [-0.15, -0.1) is 0 Å². The van der Waals surface area contributed by atoms with Crippen LogP contribution in [0.15, 0.2) is 18.3 Å². The van der Waals surface area contributed by atoms with Crippen LogP contribution in [0.5, 0.6) is 0 Å². The molecule has 86 valence electrons. The second-order valence-corrected chi connectivity index (χ2v) is 3.94. The van der Waals surface area contributed by atoms with Gasteiger partial charge >= 0.3 is 0 Å². The van der Waals surface area contributed by atoms with E-state index in [1.165, 1.54) is 0 Å². The standard InChI is InChI=1S/C12H17N3O/c1-9(6-7-13)15(3)11-4-5-12(10(2)16)14-8-11/h4-5,8-10,16H,6H2,1-3H3. The Kier molecular flexibility index (Phi) is 4.27. The van der Waals surface area contributed by atoms with E-state index in [2.05, 4.69) is 11.1 Å². The summed E-state index contributed by atoms with van der Waals surface area (Å²) in [6.45, 7) is 3.68. The van der Waals surface area contributed by atoms with E-state index in [1.807, 2.05) is 24.9 Å². The third-order valence-corrected chi connectivity index (χ3v) is 2.65. The maximum Gasteiger partial charge on any atom is 0.0931 e. The quantitative estimate of drug-likeness (QED) is 0.839. The summed E-state index contributed by atoms with van der Waals surface area (Å²) < 4.78 is 0. The molecule has 0 saturated heterocycles. The molecule has 0 amide bonds. The van der Waals surface area contributed by atoms with Gasteiger partial charge in [0.1, 0.15) is 0 Å². The van der Waals surface area contributed by atoms with Gasteiger partial charge in [-0.2, -0.15) is 5.26 Å². The first-order chi connectivity index (χ1) is 7.56. The third-order valence-electron chi connectivity index (χ3n) is 2.65. The summed E-state index contributed by atoms with van der Waals surface area (Å²) in [7, 11) is 1.93. The second-order valence-electron chi connectivity index (χ2n) is 3.94. The van der Waals surface area contributed by atoms with Gasteiger partial charge in [0.2, 0.25) is 0 Å². The fraction of sp³-hybridized carbons (Fsp3) is 0.500. The van der Waals surface area contributed by atoms with Crippen molar-refractivity contribution in [3.8, 4) is 6.07 Å². The van der Waals surface area contributed by atoms with Crippen LogP contribution >= 0.6 is 0 Å².